The molecule has 0 bridgehead atoms. The van der Waals surface area contributed by atoms with Gasteiger partial charge < -0.3 is 10.1 Å². The van der Waals surface area contributed by atoms with Gasteiger partial charge in [0.2, 0.25) is 0 Å². The quantitative estimate of drug-likeness (QED) is 0.865. The first kappa shape index (κ1) is 17.3. The average Bonchev–Trinajstić information content (AvgIpc) is 2.48. The van der Waals surface area contributed by atoms with E-state index >= 15 is 0 Å². The molecular weight excluding hydrogens is 272 g/mol. The maximum absolute atomic E-state index is 5.58. The summed E-state index contributed by atoms with van der Waals surface area (Å²) in [6.07, 6.45) is 4.89. The van der Waals surface area contributed by atoms with Gasteiger partial charge in [-0.1, -0.05) is 26.0 Å². The number of nitrogens with zero attached hydrogens (tertiary/aromatic N) is 1. The summed E-state index contributed by atoms with van der Waals surface area (Å²) >= 11 is 0. The molecule has 0 amide bonds. The number of benzene rings is 1. The monoisotopic (exact) mass is 304 g/mol. The fraction of sp³-hybridized carbons (Fsp3) is 0.684. The van der Waals surface area contributed by atoms with Crippen LogP contribution in [0.25, 0.3) is 0 Å². The minimum atomic E-state index is 0.167. The van der Waals surface area contributed by atoms with Crippen molar-refractivity contribution in [3.63, 3.8) is 0 Å². The Balaban J connectivity index is 2.13. The lowest BCUT2D eigenvalue weighted by molar-refractivity contribution is 0.0840. The molecule has 0 atom stereocenters. The zero-order valence-electron chi connectivity index (χ0n) is 14.9. The Morgan fingerprint density at radius 2 is 1.77 bits per heavy atom. The van der Waals surface area contributed by atoms with Gasteiger partial charge in [-0.25, -0.2) is 0 Å². The van der Waals surface area contributed by atoms with Crippen molar-refractivity contribution < 1.29 is 4.74 Å². The molecule has 1 saturated carbocycles. The fourth-order valence-electron chi connectivity index (χ4n) is 3.76. The molecule has 0 heterocycles. The summed E-state index contributed by atoms with van der Waals surface area (Å²) in [6, 6.07) is 9.96. The normalized spacial score (nSPS) is 25.7. The van der Waals surface area contributed by atoms with Crippen LogP contribution in [0.15, 0.2) is 24.3 Å². The van der Waals surface area contributed by atoms with E-state index in [1.165, 1.54) is 31.2 Å². The molecule has 2 rings (SSSR count). The third kappa shape index (κ3) is 3.82. The maximum Gasteiger partial charge on any atom is 0.119 e. The standard InChI is InChI=1S/C19H32N2O/c1-6-22-18-9-7-16(8-10-18)19(21(4)5)13-11-17(12-14-19)20-15(2)3/h7-10,15,17,20H,6,11-14H2,1-5H3. The van der Waals surface area contributed by atoms with Crippen LogP contribution >= 0.6 is 0 Å². The number of ether oxygens (including phenoxy) is 1. The van der Waals surface area contributed by atoms with Gasteiger partial charge >= 0.3 is 0 Å². The molecule has 22 heavy (non-hydrogen) atoms. The van der Waals surface area contributed by atoms with Crippen molar-refractivity contribution in [3.8, 4) is 5.75 Å². The third-order valence-corrected chi connectivity index (χ3v) is 4.94. The molecule has 1 aromatic rings. The van der Waals surface area contributed by atoms with E-state index in [1.807, 2.05) is 6.92 Å². The highest BCUT2D eigenvalue weighted by Crippen LogP contribution is 2.41. The summed E-state index contributed by atoms with van der Waals surface area (Å²) in [5, 5.41) is 3.70. The van der Waals surface area contributed by atoms with E-state index in [4.69, 9.17) is 4.74 Å². The van der Waals surface area contributed by atoms with Crippen LogP contribution in [-0.2, 0) is 5.54 Å². The first-order valence-corrected chi connectivity index (χ1v) is 8.64. The first-order chi connectivity index (χ1) is 10.5. The highest BCUT2D eigenvalue weighted by atomic mass is 16.5. The predicted molar refractivity (Wildman–Crippen MR) is 93.5 cm³/mol. The maximum atomic E-state index is 5.58. The van der Waals surface area contributed by atoms with Crippen molar-refractivity contribution in [1.82, 2.24) is 10.2 Å². The van der Waals surface area contributed by atoms with Crippen molar-refractivity contribution in [2.24, 2.45) is 0 Å². The topological polar surface area (TPSA) is 24.5 Å². The van der Waals surface area contributed by atoms with Gasteiger partial charge in [0.15, 0.2) is 0 Å². The lowest BCUT2D eigenvalue weighted by Gasteiger charge is -2.46. The minimum Gasteiger partial charge on any atom is -0.494 e. The Morgan fingerprint density at radius 1 is 1.18 bits per heavy atom. The van der Waals surface area contributed by atoms with Crippen molar-refractivity contribution in [2.45, 2.75) is 64.1 Å². The molecule has 1 aromatic carbocycles. The van der Waals surface area contributed by atoms with Gasteiger partial charge in [-0.2, -0.15) is 0 Å². The van der Waals surface area contributed by atoms with Crippen LogP contribution in [0.2, 0.25) is 0 Å². The van der Waals surface area contributed by atoms with Crippen LogP contribution in [0.4, 0.5) is 0 Å². The summed E-state index contributed by atoms with van der Waals surface area (Å²) < 4.78 is 5.58. The van der Waals surface area contributed by atoms with Gasteiger partial charge in [0.25, 0.3) is 0 Å². The van der Waals surface area contributed by atoms with Crippen LogP contribution in [0.5, 0.6) is 5.75 Å². The number of nitrogens with one attached hydrogen (secondary N) is 1. The van der Waals surface area contributed by atoms with Crippen molar-refractivity contribution in [1.29, 1.82) is 0 Å². The minimum absolute atomic E-state index is 0.167. The van der Waals surface area contributed by atoms with E-state index in [1.54, 1.807) is 0 Å². The van der Waals surface area contributed by atoms with Crippen LogP contribution < -0.4 is 10.1 Å². The number of hydrogen-bond donors (Lipinski definition) is 1. The van der Waals surface area contributed by atoms with Crippen LogP contribution in [-0.4, -0.2) is 37.7 Å². The van der Waals surface area contributed by atoms with E-state index in [0.29, 0.717) is 12.1 Å². The number of rotatable bonds is 6. The van der Waals surface area contributed by atoms with E-state index in [2.05, 4.69) is 62.4 Å². The van der Waals surface area contributed by atoms with Crippen LogP contribution in [0, 0.1) is 0 Å². The molecule has 0 radical (unpaired) electrons. The first-order valence-electron chi connectivity index (χ1n) is 8.64. The molecule has 3 nitrogen and oxygen atoms in total. The highest BCUT2D eigenvalue weighted by Gasteiger charge is 2.38. The molecule has 0 aliphatic heterocycles. The van der Waals surface area contributed by atoms with Crippen LogP contribution in [0.3, 0.4) is 0 Å². The van der Waals surface area contributed by atoms with E-state index in [9.17, 15) is 0 Å². The Hall–Kier alpha value is -1.06. The Bertz CT molecular complexity index is 445. The molecule has 1 aliphatic carbocycles. The summed E-state index contributed by atoms with van der Waals surface area (Å²) in [6.45, 7) is 7.22. The molecule has 0 aromatic heterocycles. The molecular formula is C19H32N2O. The van der Waals surface area contributed by atoms with E-state index < -0.39 is 0 Å². The van der Waals surface area contributed by atoms with Gasteiger partial charge in [0, 0.05) is 17.6 Å². The number of hydrogen-bond acceptors (Lipinski definition) is 3. The van der Waals surface area contributed by atoms with Crippen molar-refractivity contribution in [3.05, 3.63) is 29.8 Å². The molecule has 1 fully saturated rings. The lowest BCUT2D eigenvalue weighted by atomic mass is 9.74. The zero-order chi connectivity index (χ0) is 16.2. The molecule has 1 aliphatic rings. The third-order valence-electron chi connectivity index (χ3n) is 4.94. The predicted octanol–water partition coefficient (Wildman–Crippen LogP) is 3.78. The molecule has 1 N–H and O–H groups in total. The van der Waals surface area contributed by atoms with Crippen molar-refractivity contribution >= 4 is 0 Å². The summed E-state index contributed by atoms with van der Waals surface area (Å²) in [7, 11) is 4.43. The van der Waals surface area contributed by atoms with E-state index in [0.717, 1.165) is 12.4 Å². The molecule has 124 valence electrons. The zero-order valence-corrected chi connectivity index (χ0v) is 14.9. The largest absolute Gasteiger partial charge is 0.494 e. The van der Waals surface area contributed by atoms with Gasteiger partial charge in [-0.05, 0) is 64.4 Å². The fourth-order valence-corrected chi connectivity index (χ4v) is 3.76. The van der Waals surface area contributed by atoms with E-state index in [-0.39, 0.29) is 5.54 Å². The Kier molecular flexibility index (Phi) is 5.87. The summed E-state index contributed by atoms with van der Waals surface area (Å²) in [5.41, 5.74) is 1.59. The van der Waals surface area contributed by atoms with Gasteiger partial charge in [0.1, 0.15) is 5.75 Å². The second kappa shape index (κ2) is 7.47. The SMILES string of the molecule is CCOc1ccc(C2(N(C)C)CCC(NC(C)C)CC2)cc1. The molecule has 0 spiro atoms. The summed E-state index contributed by atoms with van der Waals surface area (Å²) in [5.74, 6) is 0.968. The highest BCUT2D eigenvalue weighted by molar-refractivity contribution is 5.32. The second-order valence-electron chi connectivity index (χ2n) is 6.98. The van der Waals surface area contributed by atoms with Crippen LogP contribution in [0.1, 0.15) is 52.0 Å². The smallest absolute Gasteiger partial charge is 0.119 e. The second-order valence-corrected chi connectivity index (χ2v) is 6.98. The Morgan fingerprint density at radius 3 is 2.23 bits per heavy atom. The van der Waals surface area contributed by atoms with Gasteiger partial charge in [-0.15, -0.1) is 0 Å². The lowest BCUT2D eigenvalue weighted by Crippen LogP contribution is -2.48. The van der Waals surface area contributed by atoms with Crippen molar-refractivity contribution in [2.75, 3.05) is 20.7 Å². The molecule has 0 unspecified atom stereocenters. The Labute approximate surface area is 136 Å². The van der Waals surface area contributed by atoms with Gasteiger partial charge in [0.05, 0.1) is 6.61 Å². The van der Waals surface area contributed by atoms with Gasteiger partial charge in [-0.3, -0.25) is 4.90 Å². The summed E-state index contributed by atoms with van der Waals surface area (Å²) in [4.78, 5) is 2.41. The molecule has 0 saturated heterocycles. The average molecular weight is 304 g/mol. The molecule has 3 heteroatoms.